The summed E-state index contributed by atoms with van der Waals surface area (Å²) >= 11 is 0. The van der Waals surface area contributed by atoms with Gasteiger partial charge in [-0.3, -0.25) is 14.6 Å². The summed E-state index contributed by atoms with van der Waals surface area (Å²) in [5, 5.41) is 9.23. The molecule has 0 fully saturated rings. The maximum Gasteiger partial charge on any atom is 0.323 e. The first-order valence-electron chi connectivity index (χ1n) is 12.0. The summed E-state index contributed by atoms with van der Waals surface area (Å²) in [5.41, 5.74) is 2.37. The monoisotopic (exact) mass is 521 g/mol. The summed E-state index contributed by atoms with van der Waals surface area (Å²) in [6, 6.07) is 6.66. The van der Waals surface area contributed by atoms with E-state index in [1.165, 1.54) is 30.6 Å². The van der Waals surface area contributed by atoms with Crippen LogP contribution in [0.2, 0.25) is 0 Å². The van der Waals surface area contributed by atoms with Crippen molar-refractivity contribution in [2.24, 2.45) is 0 Å². The molecule has 0 saturated heterocycles. The number of pyridine rings is 2. The standard InChI is InChI=1S/C27H29F2N7O2/c1-17(2)18-11-20(15-30-13-18)33-27(37)34-22-5-6-24(26(29)25(22)28)38-21-7-8-31-23(12-21)19-14-32-36(16-19)10-9-35(3)4/h5-8,11-17H,9-10H2,1-4H3,(H2,33,34,37). The lowest BCUT2D eigenvalue weighted by Gasteiger charge is -2.12. The van der Waals surface area contributed by atoms with Gasteiger partial charge >= 0.3 is 6.03 Å². The highest BCUT2D eigenvalue weighted by Gasteiger charge is 2.18. The van der Waals surface area contributed by atoms with Gasteiger partial charge < -0.3 is 20.3 Å². The molecular formula is C27H29F2N7O2. The van der Waals surface area contributed by atoms with Crippen LogP contribution in [-0.4, -0.2) is 51.3 Å². The highest BCUT2D eigenvalue weighted by atomic mass is 19.2. The third-order valence-corrected chi connectivity index (χ3v) is 5.64. The second kappa shape index (κ2) is 11.8. The lowest BCUT2D eigenvalue weighted by Crippen LogP contribution is -2.20. The van der Waals surface area contributed by atoms with Gasteiger partial charge in [-0.25, -0.2) is 9.18 Å². The Balaban J connectivity index is 1.44. The van der Waals surface area contributed by atoms with Crippen molar-refractivity contribution in [2.45, 2.75) is 26.3 Å². The van der Waals surface area contributed by atoms with Gasteiger partial charge in [0.15, 0.2) is 11.6 Å². The van der Waals surface area contributed by atoms with Crippen LogP contribution in [0, 0.1) is 11.6 Å². The molecule has 3 heterocycles. The van der Waals surface area contributed by atoms with E-state index in [2.05, 4.69) is 30.6 Å². The third-order valence-electron chi connectivity index (χ3n) is 5.64. The molecule has 0 aliphatic rings. The van der Waals surface area contributed by atoms with E-state index in [-0.39, 0.29) is 23.1 Å². The molecule has 2 amide bonds. The summed E-state index contributed by atoms with van der Waals surface area (Å²) < 4.78 is 37.0. The Kier molecular flexibility index (Phi) is 8.27. The van der Waals surface area contributed by atoms with Gasteiger partial charge in [-0.2, -0.15) is 9.49 Å². The van der Waals surface area contributed by atoms with E-state index >= 15 is 0 Å². The van der Waals surface area contributed by atoms with Crippen molar-refractivity contribution in [2.75, 3.05) is 31.3 Å². The number of likely N-dealkylation sites (N-methyl/N-ethyl adjacent to an activating group) is 1. The first kappa shape index (κ1) is 26.7. The van der Waals surface area contributed by atoms with E-state index in [9.17, 15) is 13.6 Å². The Hall–Kier alpha value is -4.38. The molecule has 4 aromatic rings. The summed E-state index contributed by atoms with van der Waals surface area (Å²) in [6.45, 7) is 5.54. The van der Waals surface area contributed by atoms with Crippen LogP contribution in [0.1, 0.15) is 25.3 Å². The molecule has 0 radical (unpaired) electrons. The molecule has 9 nitrogen and oxygen atoms in total. The topological polar surface area (TPSA) is 97.2 Å². The second-order valence-corrected chi connectivity index (χ2v) is 9.25. The summed E-state index contributed by atoms with van der Waals surface area (Å²) in [4.78, 5) is 22.8. The molecule has 198 valence electrons. The number of anilines is 2. The number of benzene rings is 1. The first-order valence-corrected chi connectivity index (χ1v) is 12.0. The SMILES string of the molecule is CC(C)c1cncc(NC(=O)Nc2ccc(Oc3ccnc(-c4cnn(CCN(C)C)c4)c3)c(F)c2F)c1. The van der Waals surface area contributed by atoms with Crippen LogP contribution >= 0.6 is 0 Å². The smallest absolute Gasteiger partial charge is 0.323 e. The van der Waals surface area contributed by atoms with Gasteiger partial charge in [0.05, 0.1) is 36.0 Å². The van der Waals surface area contributed by atoms with Gasteiger partial charge in [0.25, 0.3) is 0 Å². The van der Waals surface area contributed by atoms with Crippen LogP contribution in [0.3, 0.4) is 0 Å². The molecular weight excluding hydrogens is 492 g/mol. The van der Waals surface area contributed by atoms with Crippen LogP contribution in [0.25, 0.3) is 11.3 Å². The molecule has 0 saturated carbocycles. The normalized spacial score (nSPS) is 11.2. The van der Waals surface area contributed by atoms with E-state index in [0.717, 1.165) is 17.7 Å². The molecule has 4 rings (SSSR count). The average molecular weight is 522 g/mol. The Bertz CT molecular complexity index is 1420. The predicted octanol–water partition coefficient (Wildman–Crippen LogP) is 5.74. The Morgan fingerprint density at radius 2 is 1.89 bits per heavy atom. The van der Waals surface area contributed by atoms with Crippen LogP contribution in [-0.2, 0) is 6.54 Å². The number of aromatic nitrogens is 4. The number of amides is 2. The van der Waals surface area contributed by atoms with Crippen LogP contribution in [0.4, 0.5) is 25.0 Å². The van der Waals surface area contributed by atoms with Gasteiger partial charge in [0.2, 0.25) is 5.82 Å². The zero-order valence-electron chi connectivity index (χ0n) is 21.6. The number of carbonyl (C=O) groups is 1. The van der Waals surface area contributed by atoms with Gasteiger partial charge in [0.1, 0.15) is 5.75 Å². The van der Waals surface area contributed by atoms with Crippen molar-refractivity contribution in [3.63, 3.8) is 0 Å². The van der Waals surface area contributed by atoms with Gasteiger partial charge in [-0.1, -0.05) is 13.8 Å². The zero-order chi connectivity index (χ0) is 27.2. The minimum absolute atomic E-state index is 0.216. The number of hydrogen-bond acceptors (Lipinski definition) is 6. The summed E-state index contributed by atoms with van der Waals surface area (Å²) in [6.07, 6.45) is 8.22. The molecule has 0 aliphatic heterocycles. The Labute approximate surface area is 219 Å². The fourth-order valence-electron chi connectivity index (χ4n) is 3.51. The van der Waals surface area contributed by atoms with Crippen LogP contribution in [0.15, 0.2) is 61.3 Å². The van der Waals surface area contributed by atoms with Gasteiger partial charge in [-0.15, -0.1) is 0 Å². The molecule has 0 aliphatic carbocycles. The molecule has 1 aromatic carbocycles. The summed E-state index contributed by atoms with van der Waals surface area (Å²) in [7, 11) is 3.97. The van der Waals surface area contributed by atoms with Crippen molar-refractivity contribution in [1.29, 1.82) is 0 Å². The van der Waals surface area contributed by atoms with Crippen molar-refractivity contribution in [1.82, 2.24) is 24.6 Å². The highest BCUT2D eigenvalue weighted by Crippen LogP contribution is 2.31. The molecule has 3 aromatic heterocycles. The Morgan fingerprint density at radius 1 is 1.08 bits per heavy atom. The van der Waals surface area contributed by atoms with Crippen LogP contribution < -0.4 is 15.4 Å². The lowest BCUT2D eigenvalue weighted by atomic mass is 10.1. The van der Waals surface area contributed by atoms with E-state index in [0.29, 0.717) is 17.9 Å². The second-order valence-electron chi connectivity index (χ2n) is 9.25. The quantitative estimate of drug-likeness (QED) is 0.292. The van der Waals surface area contributed by atoms with Crippen LogP contribution in [0.5, 0.6) is 11.5 Å². The minimum Gasteiger partial charge on any atom is -0.454 e. The van der Waals surface area contributed by atoms with E-state index in [4.69, 9.17) is 4.74 Å². The van der Waals surface area contributed by atoms with Crippen molar-refractivity contribution in [3.05, 3.63) is 78.5 Å². The van der Waals surface area contributed by atoms with Gasteiger partial charge in [-0.05, 0) is 49.8 Å². The molecule has 0 spiro atoms. The minimum atomic E-state index is -1.25. The van der Waals surface area contributed by atoms with E-state index < -0.39 is 17.7 Å². The third kappa shape index (κ3) is 6.68. The van der Waals surface area contributed by atoms with Crippen molar-refractivity contribution < 1.29 is 18.3 Å². The number of rotatable bonds is 9. The number of ether oxygens (including phenoxy) is 1. The lowest BCUT2D eigenvalue weighted by molar-refractivity contribution is 0.262. The zero-order valence-corrected chi connectivity index (χ0v) is 21.6. The molecule has 0 atom stereocenters. The maximum absolute atomic E-state index is 14.8. The fraction of sp³-hybridized carbons (Fsp3) is 0.259. The van der Waals surface area contributed by atoms with Crippen molar-refractivity contribution >= 4 is 17.4 Å². The predicted molar refractivity (Wildman–Crippen MR) is 141 cm³/mol. The number of nitrogens with zero attached hydrogens (tertiary/aromatic N) is 5. The molecule has 11 heteroatoms. The summed E-state index contributed by atoms with van der Waals surface area (Å²) in [5.74, 6) is -2.33. The number of carbonyl (C=O) groups excluding carboxylic acids is 1. The number of halogens is 2. The first-order chi connectivity index (χ1) is 18.2. The largest absolute Gasteiger partial charge is 0.454 e. The molecule has 38 heavy (non-hydrogen) atoms. The molecule has 0 unspecified atom stereocenters. The van der Waals surface area contributed by atoms with E-state index in [1.54, 1.807) is 29.2 Å². The molecule has 0 bridgehead atoms. The number of nitrogens with one attached hydrogen (secondary N) is 2. The number of urea groups is 1. The fourth-order valence-corrected chi connectivity index (χ4v) is 3.51. The number of hydrogen-bond donors (Lipinski definition) is 2. The van der Waals surface area contributed by atoms with Gasteiger partial charge in [0, 0.05) is 36.8 Å². The molecule has 2 N–H and O–H groups in total. The Morgan fingerprint density at radius 3 is 2.66 bits per heavy atom. The van der Waals surface area contributed by atoms with E-state index in [1.807, 2.05) is 34.1 Å². The van der Waals surface area contributed by atoms with Crippen molar-refractivity contribution in [3.8, 4) is 22.8 Å². The highest BCUT2D eigenvalue weighted by molar-refractivity contribution is 5.99. The average Bonchev–Trinajstić information content (AvgIpc) is 3.37. The maximum atomic E-state index is 14.8.